The van der Waals surface area contributed by atoms with Crippen molar-refractivity contribution >= 4 is 51.7 Å². The summed E-state index contributed by atoms with van der Waals surface area (Å²) in [6.45, 7) is 11.1. The van der Waals surface area contributed by atoms with Gasteiger partial charge in [0.05, 0.1) is 11.4 Å². The van der Waals surface area contributed by atoms with Gasteiger partial charge < -0.3 is 25.7 Å². The van der Waals surface area contributed by atoms with Crippen LogP contribution in [0, 0.1) is 12.9 Å². The minimum Gasteiger partial charge on any atom is -0.466 e. The molecule has 0 fully saturated rings. The monoisotopic (exact) mass is 944 g/mol. The standard InChI is InChI=1S/C51H40BN5O.Pt/c1-51(2,3)37-31-32-53-48(33-37)55-43-24-12-11-21-41(43)42-30-29-38(34-46(42)55)58-49-28-16-27-47(54-49)56-44-25-13-14-26-45(44)57(52(56)4)50-39(35-17-7-5-8-18-35)22-15-23-40(50)36-19-9-6-10-20-36;/h5-33H,4H2,1-3H3;/q-2;+2. The quantitative estimate of drug-likeness (QED) is 0.118. The number of pyridine rings is 2. The second kappa shape index (κ2) is 15.4. The van der Waals surface area contributed by atoms with E-state index in [-0.39, 0.29) is 33.5 Å². The molecule has 6 aromatic carbocycles. The van der Waals surface area contributed by atoms with Crippen molar-refractivity contribution < 1.29 is 25.8 Å². The molecule has 0 atom stereocenters. The number of para-hydroxylation sites is 4. The summed E-state index contributed by atoms with van der Waals surface area (Å²) >= 11 is 0. The molecule has 8 heteroatoms. The van der Waals surface area contributed by atoms with Crippen molar-refractivity contribution in [3.05, 3.63) is 195 Å². The maximum absolute atomic E-state index is 6.58. The minimum absolute atomic E-state index is 0. The summed E-state index contributed by atoms with van der Waals surface area (Å²) in [6.07, 6.45) is 1.89. The SMILES string of the molecule is [CH2-]B1N(c2cccc(Oc3[c-]c4c(cc3)c3ccccc3n4-c3cc(C(C)(C)C)ccn3)n2)c2ccccc2N1c1c(-c2ccccc2)cccc1-c1ccccc1.[Pt+2]. The molecule has 0 amide bonds. The molecule has 0 saturated heterocycles. The fourth-order valence-electron chi connectivity index (χ4n) is 8.24. The van der Waals surface area contributed by atoms with Gasteiger partial charge in [0.2, 0.25) is 12.9 Å². The summed E-state index contributed by atoms with van der Waals surface area (Å²) in [5.74, 6) is 2.59. The average Bonchev–Trinajstić information content (AvgIpc) is 3.74. The van der Waals surface area contributed by atoms with E-state index in [0.29, 0.717) is 11.6 Å². The first kappa shape index (κ1) is 38.1. The maximum atomic E-state index is 6.58. The smallest absolute Gasteiger partial charge is 0.466 e. The Hall–Kier alpha value is -6.43. The first-order valence-corrected chi connectivity index (χ1v) is 19.7. The van der Waals surface area contributed by atoms with Gasteiger partial charge >= 0.3 is 21.1 Å². The molecule has 0 spiro atoms. The molecule has 1 aliphatic heterocycles. The molecule has 0 radical (unpaired) electrons. The van der Waals surface area contributed by atoms with Crippen LogP contribution in [0.25, 0.3) is 49.9 Å². The molecule has 6 nitrogen and oxygen atoms in total. The summed E-state index contributed by atoms with van der Waals surface area (Å²) < 4.78 is 8.76. The Morgan fingerprint density at radius 1 is 0.610 bits per heavy atom. The molecular formula is C51H40BN5OPt. The number of nitrogens with zero attached hydrogens (tertiary/aromatic N) is 5. The first-order valence-electron chi connectivity index (χ1n) is 19.7. The number of aromatic nitrogens is 3. The molecule has 0 unspecified atom stereocenters. The van der Waals surface area contributed by atoms with Gasteiger partial charge in [-0.15, -0.1) is 17.5 Å². The summed E-state index contributed by atoms with van der Waals surface area (Å²) in [7, 11) is 0. The molecule has 4 heterocycles. The van der Waals surface area contributed by atoms with E-state index in [1.165, 1.54) is 5.56 Å². The van der Waals surface area contributed by atoms with Crippen molar-refractivity contribution in [1.29, 1.82) is 0 Å². The minimum atomic E-state index is -0.373. The van der Waals surface area contributed by atoms with E-state index < -0.39 is 0 Å². The maximum Gasteiger partial charge on any atom is 2.00 e. The van der Waals surface area contributed by atoms with Crippen LogP contribution in [-0.4, -0.2) is 21.5 Å². The van der Waals surface area contributed by atoms with Crippen LogP contribution < -0.4 is 14.4 Å². The number of ether oxygens (including phenoxy) is 1. The van der Waals surface area contributed by atoms with E-state index in [9.17, 15) is 0 Å². The van der Waals surface area contributed by atoms with Crippen LogP contribution in [0.3, 0.4) is 0 Å². The Balaban J connectivity index is 0.00000449. The normalized spacial score (nSPS) is 12.5. The van der Waals surface area contributed by atoms with Crippen LogP contribution in [-0.2, 0) is 26.5 Å². The molecule has 0 aliphatic carbocycles. The van der Waals surface area contributed by atoms with Gasteiger partial charge in [-0.1, -0.05) is 142 Å². The average molecular weight is 945 g/mol. The number of hydrogen-bond donors (Lipinski definition) is 0. The first-order chi connectivity index (χ1) is 28.3. The predicted octanol–water partition coefficient (Wildman–Crippen LogP) is 12.9. The molecule has 0 saturated carbocycles. The van der Waals surface area contributed by atoms with Gasteiger partial charge in [-0.05, 0) is 63.9 Å². The molecule has 3 aromatic heterocycles. The Labute approximate surface area is 360 Å². The number of benzene rings is 6. The van der Waals surface area contributed by atoms with Crippen LogP contribution in [0.5, 0.6) is 11.6 Å². The number of hydrogen-bond acceptors (Lipinski definition) is 5. The van der Waals surface area contributed by atoms with Crippen molar-refractivity contribution in [3.63, 3.8) is 0 Å². The van der Waals surface area contributed by atoms with Gasteiger partial charge in [0.1, 0.15) is 11.6 Å². The van der Waals surface area contributed by atoms with Gasteiger partial charge in [-0.25, -0.2) is 4.98 Å². The third kappa shape index (κ3) is 6.79. The second-order valence-electron chi connectivity index (χ2n) is 15.7. The Kier molecular flexibility index (Phi) is 9.94. The van der Waals surface area contributed by atoms with Gasteiger partial charge in [-0.2, -0.15) is 11.1 Å². The van der Waals surface area contributed by atoms with E-state index in [1.807, 2.05) is 30.5 Å². The van der Waals surface area contributed by atoms with Gasteiger partial charge in [-0.3, -0.25) is 0 Å². The Morgan fingerprint density at radius 2 is 1.24 bits per heavy atom. The van der Waals surface area contributed by atoms with Gasteiger partial charge in [0.25, 0.3) is 0 Å². The van der Waals surface area contributed by atoms with Crippen molar-refractivity contribution in [2.45, 2.75) is 26.2 Å². The number of rotatable bonds is 7. The largest absolute Gasteiger partial charge is 2.00 e. The van der Waals surface area contributed by atoms with Crippen molar-refractivity contribution in [3.8, 4) is 39.7 Å². The van der Waals surface area contributed by atoms with E-state index >= 15 is 0 Å². The zero-order valence-electron chi connectivity index (χ0n) is 33.0. The van der Waals surface area contributed by atoms with Crippen LogP contribution in [0.2, 0.25) is 0 Å². The zero-order chi connectivity index (χ0) is 39.4. The van der Waals surface area contributed by atoms with E-state index in [4.69, 9.17) is 21.5 Å². The fourth-order valence-corrected chi connectivity index (χ4v) is 8.24. The van der Waals surface area contributed by atoms with Crippen molar-refractivity contribution in [2.24, 2.45) is 0 Å². The summed E-state index contributed by atoms with van der Waals surface area (Å²) in [5, 5.41) is 2.21. The van der Waals surface area contributed by atoms with E-state index in [2.05, 4.69) is 187 Å². The molecule has 0 bridgehead atoms. The van der Waals surface area contributed by atoms with Crippen molar-refractivity contribution in [1.82, 2.24) is 14.5 Å². The third-order valence-corrected chi connectivity index (χ3v) is 11.0. The summed E-state index contributed by atoms with van der Waals surface area (Å²) in [5.41, 5.74) is 10.8. The molecule has 1 aliphatic rings. The van der Waals surface area contributed by atoms with Crippen LogP contribution >= 0.6 is 0 Å². The zero-order valence-corrected chi connectivity index (χ0v) is 35.3. The number of anilines is 4. The molecule has 9 aromatic rings. The van der Waals surface area contributed by atoms with E-state index in [0.717, 1.165) is 72.8 Å². The van der Waals surface area contributed by atoms with Crippen LogP contribution in [0.4, 0.5) is 22.9 Å². The third-order valence-electron chi connectivity index (χ3n) is 11.0. The molecule has 10 rings (SSSR count). The van der Waals surface area contributed by atoms with Crippen LogP contribution in [0.15, 0.2) is 176 Å². The van der Waals surface area contributed by atoms with Crippen LogP contribution in [0.1, 0.15) is 26.3 Å². The molecular weight excluding hydrogens is 904 g/mol. The van der Waals surface area contributed by atoms with Gasteiger partial charge in [0, 0.05) is 40.3 Å². The Morgan fingerprint density at radius 3 is 1.93 bits per heavy atom. The summed E-state index contributed by atoms with van der Waals surface area (Å²) in [4.78, 5) is 14.5. The van der Waals surface area contributed by atoms with Crippen molar-refractivity contribution in [2.75, 3.05) is 9.62 Å². The number of fused-ring (bicyclic) bond motifs is 4. The molecule has 59 heavy (non-hydrogen) atoms. The molecule has 0 N–H and O–H groups in total. The Bertz CT molecular complexity index is 2910. The predicted molar refractivity (Wildman–Crippen MR) is 240 cm³/mol. The fraction of sp³-hybridized carbons (Fsp3) is 0.0784. The van der Waals surface area contributed by atoms with Gasteiger partial charge in [0.15, 0.2) is 0 Å². The second-order valence-corrected chi connectivity index (χ2v) is 15.7. The summed E-state index contributed by atoms with van der Waals surface area (Å²) in [6, 6.07) is 62.4. The van der Waals surface area contributed by atoms with E-state index in [1.54, 1.807) is 0 Å². The topological polar surface area (TPSA) is 46.4 Å². The molecule has 288 valence electrons.